The van der Waals surface area contributed by atoms with E-state index in [0.717, 1.165) is 24.3 Å². The minimum absolute atomic E-state index is 0.132. The van der Waals surface area contributed by atoms with Crippen LogP contribution < -0.4 is 10.3 Å². The Kier molecular flexibility index (Phi) is 4.91. The molecule has 124 valence electrons. The highest BCUT2D eigenvalue weighted by Crippen LogP contribution is 2.21. The van der Waals surface area contributed by atoms with E-state index in [0.29, 0.717) is 23.3 Å². The van der Waals surface area contributed by atoms with E-state index in [1.807, 2.05) is 56.6 Å². The minimum atomic E-state index is -0.132. The molecule has 0 saturated carbocycles. The van der Waals surface area contributed by atoms with Gasteiger partial charge in [-0.15, -0.1) is 0 Å². The fraction of sp³-hybridized carbons (Fsp3) is 0.263. The molecule has 0 atom stereocenters. The van der Waals surface area contributed by atoms with Crippen LogP contribution in [0.15, 0.2) is 53.3 Å². The van der Waals surface area contributed by atoms with Crippen LogP contribution in [-0.4, -0.2) is 42.1 Å². The molecule has 0 spiro atoms. The first-order valence-electron chi connectivity index (χ1n) is 8.00. The van der Waals surface area contributed by atoms with Crippen molar-refractivity contribution in [3.05, 3.63) is 58.9 Å². The van der Waals surface area contributed by atoms with Crippen molar-refractivity contribution >= 4 is 10.9 Å². The molecule has 1 heterocycles. The minimum Gasteiger partial charge on any atom is -0.494 e. The lowest BCUT2D eigenvalue weighted by atomic mass is 10.2. The highest BCUT2D eigenvalue weighted by atomic mass is 16.5. The molecule has 0 aliphatic heterocycles. The number of ether oxygens (including phenoxy) is 1. The maximum absolute atomic E-state index is 12.2. The van der Waals surface area contributed by atoms with Crippen molar-refractivity contribution in [3.8, 4) is 17.1 Å². The van der Waals surface area contributed by atoms with Gasteiger partial charge in [-0.3, -0.25) is 4.79 Å². The number of nitrogens with one attached hydrogen (secondary N) is 1. The Morgan fingerprint density at radius 2 is 1.96 bits per heavy atom. The van der Waals surface area contributed by atoms with Crippen molar-refractivity contribution in [3.63, 3.8) is 0 Å². The van der Waals surface area contributed by atoms with Gasteiger partial charge < -0.3 is 14.6 Å². The van der Waals surface area contributed by atoms with Crippen LogP contribution in [0, 0.1) is 0 Å². The Morgan fingerprint density at radius 1 is 1.12 bits per heavy atom. The second-order valence-electron chi connectivity index (χ2n) is 5.96. The van der Waals surface area contributed by atoms with Gasteiger partial charge in [-0.25, -0.2) is 4.98 Å². The average molecular weight is 323 g/mol. The number of para-hydroxylation sites is 1. The maximum atomic E-state index is 12.2. The molecule has 1 aromatic heterocycles. The third-order valence-electron chi connectivity index (χ3n) is 3.74. The van der Waals surface area contributed by atoms with Crippen LogP contribution in [0.5, 0.6) is 5.75 Å². The largest absolute Gasteiger partial charge is 0.494 e. The van der Waals surface area contributed by atoms with E-state index in [1.165, 1.54) is 0 Å². The van der Waals surface area contributed by atoms with Gasteiger partial charge in [-0.1, -0.05) is 24.3 Å². The summed E-state index contributed by atoms with van der Waals surface area (Å²) in [6.07, 6.45) is 0.961. The van der Waals surface area contributed by atoms with Crippen LogP contribution in [0.3, 0.4) is 0 Å². The van der Waals surface area contributed by atoms with E-state index >= 15 is 0 Å². The summed E-state index contributed by atoms with van der Waals surface area (Å²) in [7, 11) is 4.09. The average Bonchev–Trinajstić information content (AvgIpc) is 2.59. The Hall–Kier alpha value is -2.66. The topological polar surface area (TPSA) is 58.2 Å². The van der Waals surface area contributed by atoms with Crippen LogP contribution in [0.1, 0.15) is 6.42 Å². The fourth-order valence-electron chi connectivity index (χ4n) is 2.53. The van der Waals surface area contributed by atoms with Gasteiger partial charge in [-0.05, 0) is 44.8 Å². The summed E-state index contributed by atoms with van der Waals surface area (Å²) in [6, 6.07) is 15.0. The molecule has 0 bridgehead atoms. The zero-order valence-corrected chi connectivity index (χ0v) is 14.0. The summed E-state index contributed by atoms with van der Waals surface area (Å²) in [5, 5.41) is 0.595. The van der Waals surface area contributed by atoms with E-state index in [2.05, 4.69) is 14.9 Å². The van der Waals surface area contributed by atoms with Gasteiger partial charge in [-0.2, -0.15) is 0 Å². The first-order valence-corrected chi connectivity index (χ1v) is 8.00. The number of hydrogen-bond acceptors (Lipinski definition) is 4. The third-order valence-corrected chi connectivity index (χ3v) is 3.74. The van der Waals surface area contributed by atoms with Gasteiger partial charge in [0.05, 0.1) is 17.5 Å². The predicted octanol–water partition coefficient (Wildman–Crippen LogP) is 2.92. The Labute approximate surface area is 140 Å². The van der Waals surface area contributed by atoms with Gasteiger partial charge >= 0.3 is 0 Å². The van der Waals surface area contributed by atoms with Gasteiger partial charge in [0.15, 0.2) is 0 Å². The quantitative estimate of drug-likeness (QED) is 0.709. The zero-order valence-electron chi connectivity index (χ0n) is 14.0. The molecule has 0 saturated heterocycles. The SMILES string of the molecule is CN(C)CCCOc1cccc(-c2nc3ccccc3c(=O)[nH]2)c1. The van der Waals surface area contributed by atoms with Gasteiger partial charge in [0.1, 0.15) is 11.6 Å². The smallest absolute Gasteiger partial charge is 0.259 e. The summed E-state index contributed by atoms with van der Waals surface area (Å²) < 4.78 is 5.79. The first-order chi connectivity index (χ1) is 11.6. The summed E-state index contributed by atoms with van der Waals surface area (Å²) >= 11 is 0. The fourth-order valence-corrected chi connectivity index (χ4v) is 2.53. The van der Waals surface area contributed by atoms with Crippen molar-refractivity contribution in [1.29, 1.82) is 0 Å². The summed E-state index contributed by atoms with van der Waals surface area (Å²) in [5.74, 6) is 1.33. The number of fused-ring (bicyclic) bond motifs is 1. The molecule has 0 unspecified atom stereocenters. The van der Waals surface area contributed by atoms with Crippen LogP contribution in [-0.2, 0) is 0 Å². The molecule has 1 N–H and O–H groups in total. The number of rotatable bonds is 6. The number of aromatic amines is 1. The molecule has 0 aliphatic rings. The molecular formula is C19H21N3O2. The van der Waals surface area contributed by atoms with Crippen LogP contribution in [0.4, 0.5) is 0 Å². The second-order valence-corrected chi connectivity index (χ2v) is 5.96. The molecule has 5 heteroatoms. The zero-order chi connectivity index (χ0) is 16.9. The number of benzene rings is 2. The molecule has 5 nitrogen and oxygen atoms in total. The van der Waals surface area contributed by atoms with E-state index in [9.17, 15) is 4.79 Å². The number of nitrogens with zero attached hydrogens (tertiary/aromatic N) is 2. The van der Waals surface area contributed by atoms with Crippen LogP contribution in [0.25, 0.3) is 22.3 Å². The van der Waals surface area contributed by atoms with Crippen LogP contribution in [0.2, 0.25) is 0 Å². The van der Waals surface area contributed by atoms with E-state index in [1.54, 1.807) is 6.07 Å². The Balaban J connectivity index is 1.82. The lowest BCUT2D eigenvalue weighted by Gasteiger charge is -2.11. The number of H-pyrrole nitrogens is 1. The Morgan fingerprint density at radius 3 is 2.79 bits per heavy atom. The molecular weight excluding hydrogens is 302 g/mol. The van der Waals surface area contributed by atoms with Gasteiger partial charge in [0.25, 0.3) is 5.56 Å². The Bertz CT molecular complexity index is 887. The normalized spacial score (nSPS) is 11.1. The molecule has 0 amide bonds. The molecule has 0 aliphatic carbocycles. The standard InChI is InChI=1S/C19H21N3O2/c1-22(2)11-6-12-24-15-8-5-7-14(13-15)18-20-17-10-4-3-9-16(17)19(23)21-18/h3-5,7-10,13H,6,11-12H2,1-2H3,(H,20,21,23). The first kappa shape index (κ1) is 16.2. The summed E-state index contributed by atoms with van der Waals surface area (Å²) in [4.78, 5) is 21.7. The second kappa shape index (κ2) is 7.27. The summed E-state index contributed by atoms with van der Waals surface area (Å²) in [6.45, 7) is 1.64. The molecule has 24 heavy (non-hydrogen) atoms. The van der Waals surface area contributed by atoms with Crippen molar-refractivity contribution in [2.24, 2.45) is 0 Å². The van der Waals surface area contributed by atoms with Gasteiger partial charge in [0, 0.05) is 12.1 Å². The number of hydrogen-bond donors (Lipinski definition) is 1. The van der Waals surface area contributed by atoms with Crippen molar-refractivity contribution in [2.45, 2.75) is 6.42 Å². The monoisotopic (exact) mass is 323 g/mol. The highest BCUT2D eigenvalue weighted by molar-refractivity contribution is 5.79. The van der Waals surface area contributed by atoms with E-state index < -0.39 is 0 Å². The number of aromatic nitrogens is 2. The molecule has 3 aromatic rings. The molecule has 3 rings (SSSR count). The predicted molar refractivity (Wildman–Crippen MR) is 96.5 cm³/mol. The highest BCUT2D eigenvalue weighted by Gasteiger charge is 2.06. The third kappa shape index (κ3) is 3.81. The molecule has 0 radical (unpaired) electrons. The van der Waals surface area contributed by atoms with Gasteiger partial charge in [0.2, 0.25) is 0 Å². The maximum Gasteiger partial charge on any atom is 0.259 e. The summed E-state index contributed by atoms with van der Waals surface area (Å²) in [5.41, 5.74) is 1.39. The van der Waals surface area contributed by atoms with Crippen molar-refractivity contribution in [2.75, 3.05) is 27.2 Å². The molecule has 0 fully saturated rings. The van der Waals surface area contributed by atoms with E-state index in [4.69, 9.17) is 4.74 Å². The van der Waals surface area contributed by atoms with Crippen molar-refractivity contribution in [1.82, 2.24) is 14.9 Å². The van der Waals surface area contributed by atoms with E-state index in [-0.39, 0.29) is 5.56 Å². The lowest BCUT2D eigenvalue weighted by molar-refractivity contribution is 0.281. The van der Waals surface area contributed by atoms with Crippen LogP contribution >= 0.6 is 0 Å². The van der Waals surface area contributed by atoms with Crippen molar-refractivity contribution < 1.29 is 4.74 Å². The lowest BCUT2D eigenvalue weighted by Crippen LogP contribution is -2.15. The molecule has 2 aromatic carbocycles.